The van der Waals surface area contributed by atoms with E-state index in [2.05, 4.69) is 5.32 Å². The van der Waals surface area contributed by atoms with E-state index in [1.165, 1.54) is 0 Å². The van der Waals surface area contributed by atoms with Gasteiger partial charge in [0.2, 0.25) is 0 Å². The van der Waals surface area contributed by atoms with Gasteiger partial charge >= 0.3 is 6.09 Å². The highest BCUT2D eigenvalue weighted by Crippen LogP contribution is 2.18. The van der Waals surface area contributed by atoms with E-state index in [9.17, 15) is 4.79 Å². The van der Waals surface area contributed by atoms with Crippen molar-refractivity contribution in [2.75, 3.05) is 6.61 Å². The van der Waals surface area contributed by atoms with Gasteiger partial charge in [-0.25, -0.2) is 4.79 Å². The van der Waals surface area contributed by atoms with Crippen molar-refractivity contribution in [2.45, 2.75) is 45.8 Å². The molecule has 106 valence electrons. The number of alkyl carbamates (subject to hydrolysis) is 1. The van der Waals surface area contributed by atoms with Crippen molar-refractivity contribution in [2.24, 2.45) is 0 Å². The number of hydrogen-bond acceptors (Lipinski definition) is 3. The van der Waals surface area contributed by atoms with Crippen LogP contribution >= 0.6 is 0 Å². The van der Waals surface area contributed by atoms with Crippen LogP contribution in [-0.4, -0.2) is 23.4 Å². The largest absolute Gasteiger partial charge is 0.444 e. The van der Waals surface area contributed by atoms with Crippen molar-refractivity contribution >= 4 is 6.09 Å². The van der Waals surface area contributed by atoms with Gasteiger partial charge in [0.1, 0.15) is 5.60 Å². The molecule has 2 N–H and O–H groups in total. The molecule has 1 rings (SSSR count). The Kier molecular flexibility index (Phi) is 5.36. The first-order chi connectivity index (χ1) is 8.81. The maximum atomic E-state index is 11.8. The lowest BCUT2D eigenvalue weighted by Crippen LogP contribution is -2.35. The minimum absolute atomic E-state index is 0.00827. The van der Waals surface area contributed by atoms with Crippen LogP contribution in [0.1, 0.15) is 44.4 Å². The molecule has 0 aliphatic rings. The van der Waals surface area contributed by atoms with Crippen molar-refractivity contribution < 1.29 is 14.6 Å². The lowest BCUT2D eigenvalue weighted by molar-refractivity contribution is 0.0496. The van der Waals surface area contributed by atoms with Crippen molar-refractivity contribution in [3.63, 3.8) is 0 Å². The van der Waals surface area contributed by atoms with Gasteiger partial charge in [0.15, 0.2) is 0 Å². The molecule has 1 atom stereocenters. The lowest BCUT2D eigenvalue weighted by Gasteiger charge is -2.23. The number of aryl methyl sites for hydroxylation is 1. The van der Waals surface area contributed by atoms with Crippen LogP contribution in [0, 0.1) is 6.92 Å². The predicted octanol–water partition coefficient (Wildman–Crippen LogP) is 2.94. The van der Waals surface area contributed by atoms with Crippen LogP contribution in [0.5, 0.6) is 0 Å². The molecule has 0 unspecified atom stereocenters. The number of hydrogen-bond donors (Lipinski definition) is 2. The molecule has 0 spiro atoms. The summed E-state index contributed by atoms with van der Waals surface area (Å²) in [5, 5.41) is 11.9. The molecule has 4 nitrogen and oxygen atoms in total. The highest BCUT2D eigenvalue weighted by atomic mass is 16.6. The number of ether oxygens (including phenoxy) is 1. The van der Waals surface area contributed by atoms with Gasteiger partial charge < -0.3 is 15.2 Å². The summed E-state index contributed by atoms with van der Waals surface area (Å²) in [6.07, 6.45) is -0.00556. The van der Waals surface area contributed by atoms with Crippen LogP contribution in [0.25, 0.3) is 0 Å². The normalized spacial score (nSPS) is 12.9. The number of nitrogens with one attached hydrogen (secondary N) is 1. The third-order valence-corrected chi connectivity index (χ3v) is 2.59. The Hall–Kier alpha value is -1.55. The van der Waals surface area contributed by atoms with E-state index in [1.54, 1.807) is 0 Å². The zero-order valence-electron chi connectivity index (χ0n) is 12.1. The number of carbonyl (C=O) groups is 1. The smallest absolute Gasteiger partial charge is 0.408 e. The first-order valence-corrected chi connectivity index (χ1v) is 6.49. The van der Waals surface area contributed by atoms with Crippen molar-refractivity contribution in [3.8, 4) is 0 Å². The summed E-state index contributed by atoms with van der Waals surface area (Å²) in [7, 11) is 0. The molecule has 0 fully saturated rings. The van der Waals surface area contributed by atoms with Crippen LogP contribution in [0.15, 0.2) is 24.3 Å². The molecule has 0 heterocycles. The van der Waals surface area contributed by atoms with Gasteiger partial charge in [-0.1, -0.05) is 29.8 Å². The van der Waals surface area contributed by atoms with Crippen molar-refractivity contribution in [1.29, 1.82) is 0 Å². The topological polar surface area (TPSA) is 58.6 Å². The average Bonchev–Trinajstić information content (AvgIpc) is 2.27. The summed E-state index contributed by atoms with van der Waals surface area (Å²) in [5.41, 5.74) is 1.59. The SMILES string of the molecule is Cc1ccc([C@H](CCO)NC(=O)OC(C)(C)C)cc1. The second-order valence-corrected chi connectivity index (χ2v) is 5.62. The van der Waals surface area contributed by atoms with Crippen LogP contribution < -0.4 is 5.32 Å². The standard InChI is InChI=1S/C15H23NO3/c1-11-5-7-12(8-6-11)13(9-10-17)16-14(18)19-15(2,3)4/h5-8,13,17H,9-10H2,1-4H3,(H,16,18)/t13-/m0/s1. The number of rotatable bonds is 4. The Bertz CT molecular complexity index is 406. The van der Waals surface area contributed by atoms with E-state index in [0.29, 0.717) is 6.42 Å². The van der Waals surface area contributed by atoms with Crippen LogP contribution in [0.4, 0.5) is 4.79 Å². The third kappa shape index (κ3) is 5.75. The molecule has 0 bridgehead atoms. The molecule has 0 radical (unpaired) electrons. The molecule has 19 heavy (non-hydrogen) atoms. The zero-order valence-corrected chi connectivity index (χ0v) is 12.1. The van der Waals surface area contributed by atoms with Gasteiger partial charge in [-0.2, -0.15) is 0 Å². The number of benzene rings is 1. The van der Waals surface area contributed by atoms with Gasteiger partial charge in [0.25, 0.3) is 0 Å². The fourth-order valence-electron chi connectivity index (χ4n) is 1.70. The molecular formula is C15H23NO3. The van der Waals surface area contributed by atoms with E-state index < -0.39 is 11.7 Å². The van der Waals surface area contributed by atoms with Crippen molar-refractivity contribution in [3.05, 3.63) is 35.4 Å². The summed E-state index contributed by atoms with van der Waals surface area (Å²) in [6, 6.07) is 7.63. The number of amides is 1. The van der Waals surface area contributed by atoms with E-state index in [-0.39, 0.29) is 12.6 Å². The summed E-state index contributed by atoms with van der Waals surface area (Å²) < 4.78 is 5.23. The van der Waals surface area contributed by atoms with Gasteiger partial charge in [0, 0.05) is 6.61 Å². The number of carbonyl (C=O) groups excluding carboxylic acids is 1. The zero-order chi connectivity index (χ0) is 14.5. The molecule has 1 aromatic carbocycles. The fourth-order valence-corrected chi connectivity index (χ4v) is 1.70. The van der Waals surface area contributed by atoms with E-state index in [1.807, 2.05) is 52.0 Å². The second kappa shape index (κ2) is 6.57. The molecule has 0 saturated carbocycles. The molecule has 1 aromatic rings. The Morgan fingerprint density at radius 1 is 1.32 bits per heavy atom. The minimum Gasteiger partial charge on any atom is -0.444 e. The van der Waals surface area contributed by atoms with Crippen LogP contribution in [0.3, 0.4) is 0 Å². The molecular weight excluding hydrogens is 242 g/mol. The fraction of sp³-hybridized carbons (Fsp3) is 0.533. The van der Waals surface area contributed by atoms with Crippen molar-refractivity contribution in [1.82, 2.24) is 5.32 Å². The maximum Gasteiger partial charge on any atom is 0.408 e. The Labute approximate surface area is 114 Å². The van der Waals surface area contributed by atoms with Gasteiger partial charge in [-0.05, 0) is 39.7 Å². The molecule has 4 heteroatoms. The van der Waals surface area contributed by atoms with E-state index in [4.69, 9.17) is 9.84 Å². The number of aliphatic hydroxyl groups is 1. The second-order valence-electron chi connectivity index (χ2n) is 5.62. The summed E-state index contributed by atoms with van der Waals surface area (Å²) in [6.45, 7) is 7.47. The van der Waals surface area contributed by atoms with Crippen LogP contribution in [0.2, 0.25) is 0 Å². The lowest BCUT2D eigenvalue weighted by atomic mass is 10.0. The average molecular weight is 265 g/mol. The first-order valence-electron chi connectivity index (χ1n) is 6.49. The Morgan fingerprint density at radius 2 is 1.89 bits per heavy atom. The predicted molar refractivity (Wildman–Crippen MR) is 75.0 cm³/mol. The molecule has 1 amide bonds. The van der Waals surface area contributed by atoms with Gasteiger partial charge in [-0.3, -0.25) is 0 Å². The Morgan fingerprint density at radius 3 is 2.37 bits per heavy atom. The van der Waals surface area contributed by atoms with E-state index >= 15 is 0 Å². The highest BCUT2D eigenvalue weighted by Gasteiger charge is 2.20. The van der Waals surface area contributed by atoms with E-state index in [0.717, 1.165) is 11.1 Å². The quantitative estimate of drug-likeness (QED) is 0.880. The summed E-state index contributed by atoms with van der Waals surface area (Å²) >= 11 is 0. The summed E-state index contributed by atoms with van der Waals surface area (Å²) in [5.74, 6) is 0. The molecule has 0 aliphatic carbocycles. The third-order valence-electron chi connectivity index (χ3n) is 2.59. The summed E-state index contributed by atoms with van der Waals surface area (Å²) in [4.78, 5) is 11.8. The molecule has 0 saturated heterocycles. The van der Waals surface area contributed by atoms with Gasteiger partial charge in [0.05, 0.1) is 6.04 Å². The monoisotopic (exact) mass is 265 g/mol. The van der Waals surface area contributed by atoms with Gasteiger partial charge in [-0.15, -0.1) is 0 Å². The highest BCUT2D eigenvalue weighted by molar-refractivity contribution is 5.68. The molecule has 0 aromatic heterocycles. The minimum atomic E-state index is -0.527. The Balaban J connectivity index is 2.73. The first kappa shape index (κ1) is 15.5. The maximum absolute atomic E-state index is 11.8. The number of aliphatic hydroxyl groups excluding tert-OH is 1. The van der Waals surface area contributed by atoms with Crippen LogP contribution in [-0.2, 0) is 4.74 Å². The molecule has 0 aliphatic heterocycles.